The third kappa shape index (κ3) is 9.53. The van der Waals surface area contributed by atoms with Crippen molar-refractivity contribution in [1.82, 2.24) is 30.4 Å². The number of H-pyrrole nitrogens is 2. The molecule has 58 heavy (non-hydrogen) atoms. The number of anilines is 2. The van der Waals surface area contributed by atoms with Gasteiger partial charge in [0.25, 0.3) is 5.91 Å². The van der Waals surface area contributed by atoms with Crippen LogP contribution >= 0.6 is 0 Å². The molecule has 4 aromatic heterocycles. The molecule has 3 aromatic carbocycles. The number of ether oxygens (including phenoxy) is 2. The Morgan fingerprint density at radius 1 is 0.603 bits per heavy atom. The Kier molecular flexibility index (Phi) is 11.4. The number of allylic oxidation sites excluding steroid dienone is 2. The van der Waals surface area contributed by atoms with Crippen molar-refractivity contribution in [2.24, 2.45) is 0 Å². The van der Waals surface area contributed by atoms with E-state index in [1.807, 2.05) is 140 Å². The van der Waals surface area contributed by atoms with Gasteiger partial charge in [-0.2, -0.15) is 10.2 Å². The van der Waals surface area contributed by atoms with Crippen LogP contribution in [0.4, 0.5) is 11.4 Å². The fourth-order valence-corrected chi connectivity index (χ4v) is 6.54. The molecule has 0 spiro atoms. The highest BCUT2D eigenvalue weighted by Crippen LogP contribution is 2.30. The van der Waals surface area contributed by atoms with Crippen LogP contribution in [0.15, 0.2) is 139 Å². The van der Waals surface area contributed by atoms with Gasteiger partial charge in [0, 0.05) is 77.6 Å². The monoisotopic (exact) mass is 764 g/mol. The number of rotatable bonds is 10. The maximum atomic E-state index is 12.4. The summed E-state index contributed by atoms with van der Waals surface area (Å²) in [7, 11) is 0. The Balaban J connectivity index is 0.000000168. The molecule has 11 heteroatoms. The van der Waals surface area contributed by atoms with Crippen molar-refractivity contribution in [3.63, 3.8) is 0 Å². The number of carbonyl (C=O) groups is 1. The minimum atomic E-state index is -0.155. The van der Waals surface area contributed by atoms with Crippen LogP contribution in [0.3, 0.4) is 0 Å². The molecule has 0 unspecified atom stereocenters. The average molecular weight is 765 g/mol. The number of nitrogens with one attached hydrogen (secondary N) is 3. The van der Waals surface area contributed by atoms with E-state index in [2.05, 4.69) is 35.7 Å². The number of fused-ring (bicyclic) bond motifs is 2. The minimum absolute atomic E-state index is 0.155. The highest BCUT2D eigenvalue weighted by atomic mass is 16.5. The second-order valence-electron chi connectivity index (χ2n) is 13.5. The predicted octanol–water partition coefficient (Wildman–Crippen LogP) is 9.52. The molecule has 286 valence electrons. The van der Waals surface area contributed by atoms with E-state index < -0.39 is 0 Å². The van der Waals surface area contributed by atoms with Crippen LogP contribution in [-0.4, -0.2) is 36.3 Å². The van der Waals surface area contributed by atoms with Crippen LogP contribution in [0, 0.1) is 0 Å². The van der Waals surface area contributed by atoms with E-state index in [1.54, 1.807) is 24.5 Å². The summed E-state index contributed by atoms with van der Waals surface area (Å²) in [5, 5.41) is 18.0. The molecule has 0 atom stereocenters. The van der Waals surface area contributed by atoms with Gasteiger partial charge in [0.1, 0.15) is 23.0 Å². The van der Waals surface area contributed by atoms with Gasteiger partial charge in [0.05, 0.1) is 34.2 Å². The first kappa shape index (κ1) is 37.1. The van der Waals surface area contributed by atoms with E-state index >= 15 is 0 Å². The largest absolute Gasteiger partial charge is 0.462 e. The lowest BCUT2D eigenvalue weighted by Crippen LogP contribution is -2.11. The number of benzene rings is 3. The van der Waals surface area contributed by atoms with Crippen LogP contribution < -0.4 is 20.5 Å². The molecule has 0 bridgehead atoms. The smallest absolute Gasteiger partial charge is 0.255 e. The van der Waals surface area contributed by atoms with E-state index in [4.69, 9.17) is 15.2 Å². The number of pyridine rings is 2. The van der Waals surface area contributed by atoms with Gasteiger partial charge in [0.2, 0.25) is 0 Å². The quantitative estimate of drug-likeness (QED) is 0.100. The van der Waals surface area contributed by atoms with Gasteiger partial charge in [-0.3, -0.25) is 25.0 Å². The summed E-state index contributed by atoms with van der Waals surface area (Å²) in [4.78, 5) is 21.0. The summed E-state index contributed by atoms with van der Waals surface area (Å²) in [6, 6.07) is 35.6. The fourth-order valence-electron chi connectivity index (χ4n) is 6.54. The molecule has 0 aliphatic heterocycles. The van der Waals surface area contributed by atoms with Crippen LogP contribution in [0.25, 0.3) is 36.5 Å². The SMILES string of the molecule is Nc1cccc(OC2=Cc3[nH]nc(/C=C/c4ccccn4)c3CC2)c1.O=C(Nc1cccc(OC2=Cc3[nH]nc(/C=C/c4ccccn4)c3CC2)c1)c1ccccc1. The summed E-state index contributed by atoms with van der Waals surface area (Å²) >= 11 is 0. The van der Waals surface area contributed by atoms with Gasteiger partial charge in [-0.15, -0.1) is 0 Å². The molecule has 2 aliphatic carbocycles. The van der Waals surface area contributed by atoms with Crippen LogP contribution in [0.1, 0.15) is 68.5 Å². The third-order valence-electron chi connectivity index (χ3n) is 9.40. The molecule has 0 fully saturated rings. The Bertz CT molecular complexity index is 2630. The molecule has 0 saturated heterocycles. The van der Waals surface area contributed by atoms with E-state index in [0.29, 0.717) is 22.7 Å². The predicted molar refractivity (Wildman–Crippen MR) is 229 cm³/mol. The van der Waals surface area contributed by atoms with Crippen molar-refractivity contribution < 1.29 is 14.3 Å². The van der Waals surface area contributed by atoms with Gasteiger partial charge >= 0.3 is 0 Å². The zero-order valence-electron chi connectivity index (χ0n) is 31.5. The van der Waals surface area contributed by atoms with Crippen LogP contribution in [0.5, 0.6) is 11.5 Å². The number of hydrogen-bond donors (Lipinski definition) is 4. The Labute approximate surface area is 335 Å². The lowest BCUT2D eigenvalue weighted by molar-refractivity contribution is 0.102. The maximum Gasteiger partial charge on any atom is 0.255 e. The minimum Gasteiger partial charge on any atom is -0.462 e. The lowest BCUT2D eigenvalue weighted by Gasteiger charge is -2.15. The molecule has 7 aromatic rings. The average Bonchev–Trinajstić information content (AvgIpc) is 3.86. The van der Waals surface area contributed by atoms with E-state index in [-0.39, 0.29) is 5.91 Å². The molecule has 11 nitrogen and oxygen atoms in total. The van der Waals surface area contributed by atoms with Crippen molar-refractivity contribution in [2.75, 3.05) is 11.1 Å². The fraction of sp³-hybridized carbons (Fsp3) is 0.0851. The zero-order valence-corrected chi connectivity index (χ0v) is 31.5. The van der Waals surface area contributed by atoms with Gasteiger partial charge < -0.3 is 20.5 Å². The first-order chi connectivity index (χ1) is 28.5. The van der Waals surface area contributed by atoms with Gasteiger partial charge in [0.15, 0.2) is 0 Å². The molecular weight excluding hydrogens is 725 g/mol. The molecule has 0 radical (unpaired) electrons. The molecule has 1 amide bonds. The summed E-state index contributed by atoms with van der Waals surface area (Å²) in [6.07, 6.45) is 18.7. The first-order valence-electron chi connectivity index (χ1n) is 18.9. The highest BCUT2D eigenvalue weighted by molar-refractivity contribution is 6.04. The second kappa shape index (κ2) is 17.8. The standard InChI is InChI=1S/C27H22N4O2.C20H18N4O/c32-27(19-7-2-1-3-8-19)29-21-10-6-11-22(17-21)33-23-13-14-24-25(30-31-26(24)18-23)15-12-20-9-4-5-16-28-20;21-14-4-3-6-16(12-14)25-17-8-9-18-19(23-24-20(18)13-17)10-7-15-5-1-2-11-22-15/h1-12,15-18H,13-14H2,(H,29,32)(H,30,31);1-7,10-13H,8-9,21H2,(H,23,24)/b15-12+;10-7+. The van der Waals surface area contributed by atoms with Crippen molar-refractivity contribution in [3.05, 3.63) is 190 Å². The Morgan fingerprint density at radius 2 is 1.16 bits per heavy atom. The molecule has 9 rings (SSSR count). The van der Waals surface area contributed by atoms with Gasteiger partial charge in [-0.05, 0) is 97.8 Å². The first-order valence-corrected chi connectivity index (χ1v) is 18.9. The number of amides is 1. The Hall–Kier alpha value is -7.79. The summed E-state index contributed by atoms with van der Waals surface area (Å²) in [6.45, 7) is 0. The highest BCUT2D eigenvalue weighted by Gasteiger charge is 2.19. The number of nitrogen functional groups attached to an aromatic ring is 1. The van der Waals surface area contributed by atoms with Crippen molar-refractivity contribution in [3.8, 4) is 11.5 Å². The Morgan fingerprint density at radius 3 is 1.71 bits per heavy atom. The summed E-state index contributed by atoms with van der Waals surface area (Å²) in [5.41, 5.74) is 15.8. The number of hydrogen-bond acceptors (Lipinski definition) is 8. The van der Waals surface area contributed by atoms with Crippen LogP contribution in [0.2, 0.25) is 0 Å². The number of aromatic amines is 2. The van der Waals surface area contributed by atoms with E-state index in [0.717, 1.165) is 77.1 Å². The lowest BCUT2D eigenvalue weighted by atomic mass is 10.00. The van der Waals surface area contributed by atoms with Crippen molar-refractivity contribution in [1.29, 1.82) is 0 Å². The second-order valence-corrected chi connectivity index (χ2v) is 13.5. The molecular formula is C47H40N8O3. The maximum absolute atomic E-state index is 12.4. The van der Waals surface area contributed by atoms with Crippen LogP contribution in [-0.2, 0) is 12.8 Å². The zero-order chi connectivity index (χ0) is 39.5. The molecule has 4 heterocycles. The number of nitrogens with zero attached hydrogens (tertiary/aromatic N) is 4. The number of aromatic nitrogens is 6. The van der Waals surface area contributed by atoms with Crippen molar-refractivity contribution >= 4 is 53.7 Å². The van der Waals surface area contributed by atoms with E-state index in [1.165, 1.54) is 11.1 Å². The number of carbonyl (C=O) groups excluding carboxylic acids is 1. The van der Waals surface area contributed by atoms with Gasteiger partial charge in [-0.25, -0.2) is 0 Å². The normalized spacial score (nSPS) is 13.1. The molecule has 5 N–H and O–H groups in total. The van der Waals surface area contributed by atoms with Crippen molar-refractivity contribution in [2.45, 2.75) is 25.7 Å². The topological polar surface area (TPSA) is 157 Å². The molecule has 2 aliphatic rings. The van der Waals surface area contributed by atoms with Gasteiger partial charge in [-0.1, -0.05) is 42.5 Å². The summed E-state index contributed by atoms with van der Waals surface area (Å²) in [5.74, 6) is 3.02. The van der Waals surface area contributed by atoms with E-state index in [9.17, 15) is 4.79 Å². The summed E-state index contributed by atoms with van der Waals surface area (Å²) < 4.78 is 12.0. The number of nitrogens with two attached hydrogens (primary N) is 1. The third-order valence-corrected chi connectivity index (χ3v) is 9.40. The molecule has 0 saturated carbocycles.